The van der Waals surface area contributed by atoms with Crippen molar-refractivity contribution < 1.29 is 32.3 Å². The van der Waals surface area contributed by atoms with Gasteiger partial charge in [-0.05, 0) is 41.5 Å². The average Bonchev–Trinajstić information content (AvgIpc) is 3.14. The number of fused-ring (bicyclic) bond motifs is 1. The van der Waals surface area contributed by atoms with E-state index < -0.39 is 29.4 Å². The lowest BCUT2D eigenvalue weighted by molar-refractivity contribution is -0.140. The zero-order valence-electron chi connectivity index (χ0n) is 17.4. The van der Waals surface area contributed by atoms with Crippen LogP contribution in [0.1, 0.15) is 37.5 Å². The summed E-state index contributed by atoms with van der Waals surface area (Å²) in [6.07, 6.45) is -4.81. The summed E-state index contributed by atoms with van der Waals surface area (Å²) in [6, 6.07) is 15.4. The Morgan fingerprint density at radius 2 is 1.65 bits per heavy atom. The minimum atomic E-state index is -4.81. The molecule has 0 saturated carbocycles. The van der Waals surface area contributed by atoms with E-state index in [0.717, 1.165) is 12.1 Å². The van der Waals surface area contributed by atoms with E-state index >= 15 is 0 Å². The topological polar surface area (TPSA) is 84.2 Å². The van der Waals surface area contributed by atoms with Crippen molar-refractivity contribution in [2.75, 3.05) is 0 Å². The summed E-state index contributed by atoms with van der Waals surface area (Å²) in [4.78, 5) is 24.0. The van der Waals surface area contributed by atoms with Gasteiger partial charge in [0.2, 0.25) is 0 Å². The molecule has 174 valence electrons. The monoisotopic (exact) mass is 471 g/mol. The number of hydrogen-bond acceptors (Lipinski definition) is 3. The number of hydrogen-bond donors (Lipinski definition) is 2. The lowest BCUT2D eigenvalue weighted by Crippen LogP contribution is -2.26. The second-order valence-electron chi connectivity index (χ2n) is 7.52. The Morgan fingerprint density at radius 3 is 2.29 bits per heavy atom. The van der Waals surface area contributed by atoms with Crippen LogP contribution in [0.5, 0.6) is 0 Å². The molecule has 0 aliphatic carbocycles. The predicted molar refractivity (Wildman–Crippen MR) is 115 cm³/mol. The molecule has 0 aliphatic heterocycles. The maximum atomic E-state index is 14.0. The lowest BCUT2D eigenvalue weighted by Gasteiger charge is -2.12. The van der Waals surface area contributed by atoms with Crippen LogP contribution in [0.25, 0.3) is 10.9 Å². The van der Waals surface area contributed by atoms with Crippen molar-refractivity contribution in [1.82, 2.24) is 15.1 Å². The van der Waals surface area contributed by atoms with Crippen molar-refractivity contribution in [2.24, 2.45) is 0 Å². The van der Waals surface area contributed by atoms with E-state index in [9.17, 15) is 27.2 Å². The SMILES string of the molecule is O=C(O)c1ccc(CNC(=O)c2c3ccccc3nn2Cc2ccc(C(F)(F)F)c(F)c2)cc1. The zero-order valence-corrected chi connectivity index (χ0v) is 17.4. The molecule has 0 fully saturated rings. The zero-order chi connectivity index (χ0) is 24.5. The molecule has 1 heterocycles. The van der Waals surface area contributed by atoms with Gasteiger partial charge < -0.3 is 10.4 Å². The molecular weight excluding hydrogens is 454 g/mol. The van der Waals surface area contributed by atoms with Gasteiger partial charge in [-0.3, -0.25) is 9.48 Å². The van der Waals surface area contributed by atoms with Crippen LogP contribution >= 0.6 is 0 Å². The minimum Gasteiger partial charge on any atom is -0.478 e. The Kier molecular flexibility index (Phi) is 6.06. The Balaban J connectivity index is 1.60. The highest BCUT2D eigenvalue weighted by molar-refractivity contribution is 6.05. The second kappa shape index (κ2) is 8.97. The normalized spacial score (nSPS) is 11.5. The second-order valence-corrected chi connectivity index (χ2v) is 7.52. The van der Waals surface area contributed by atoms with Gasteiger partial charge in [-0.15, -0.1) is 0 Å². The number of carbonyl (C=O) groups is 2. The largest absolute Gasteiger partial charge is 0.478 e. The maximum Gasteiger partial charge on any atom is 0.419 e. The Hall–Kier alpha value is -4.21. The van der Waals surface area contributed by atoms with Crippen molar-refractivity contribution in [2.45, 2.75) is 19.3 Å². The first kappa shape index (κ1) is 23.0. The number of rotatable bonds is 6. The molecule has 4 rings (SSSR count). The van der Waals surface area contributed by atoms with Crippen LogP contribution < -0.4 is 5.32 Å². The maximum absolute atomic E-state index is 14.0. The standard InChI is InChI=1S/C24H17F4N3O3/c25-19-11-15(7-10-18(19)24(26,27)28)13-31-21(17-3-1-2-4-20(17)30-31)22(32)29-12-14-5-8-16(9-6-14)23(33)34/h1-11H,12-13H2,(H,29,32)(H,33,34). The first-order valence-corrected chi connectivity index (χ1v) is 10.0. The van der Waals surface area contributed by atoms with E-state index in [2.05, 4.69) is 10.4 Å². The highest BCUT2D eigenvalue weighted by Gasteiger charge is 2.34. The number of aromatic carboxylic acids is 1. The molecule has 0 bridgehead atoms. The number of carbonyl (C=O) groups excluding carboxylic acids is 1. The molecule has 3 aromatic carbocycles. The van der Waals surface area contributed by atoms with Gasteiger partial charge in [-0.2, -0.15) is 18.3 Å². The van der Waals surface area contributed by atoms with Crippen LogP contribution in [0, 0.1) is 5.82 Å². The number of alkyl halides is 3. The highest BCUT2D eigenvalue weighted by Crippen LogP contribution is 2.32. The molecule has 0 radical (unpaired) electrons. The number of benzene rings is 3. The third-order valence-electron chi connectivity index (χ3n) is 5.19. The van der Waals surface area contributed by atoms with E-state index in [-0.39, 0.29) is 29.9 Å². The van der Waals surface area contributed by atoms with E-state index in [0.29, 0.717) is 22.5 Å². The number of amides is 1. The van der Waals surface area contributed by atoms with Crippen LogP contribution in [-0.4, -0.2) is 26.8 Å². The smallest absolute Gasteiger partial charge is 0.419 e. The van der Waals surface area contributed by atoms with Crippen molar-refractivity contribution in [3.8, 4) is 0 Å². The fourth-order valence-electron chi connectivity index (χ4n) is 3.53. The molecule has 0 unspecified atom stereocenters. The van der Waals surface area contributed by atoms with Crippen molar-refractivity contribution in [1.29, 1.82) is 0 Å². The summed E-state index contributed by atoms with van der Waals surface area (Å²) in [5.74, 6) is -2.97. The number of nitrogens with one attached hydrogen (secondary N) is 1. The number of nitrogens with zero attached hydrogens (tertiary/aromatic N) is 2. The fraction of sp³-hybridized carbons (Fsp3) is 0.125. The van der Waals surface area contributed by atoms with Gasteiger partial charge in [0.1, 0.15) is 11.5 Å². The summed E-state index contributed by atoms with van der Waals surface area (Å²) >= 11 is 0. The molecule has 2 N–H and O–H groups in total. The van der Waals surface area contributed by atoms with Gasteiger partial charge >= 0.3 is 12.1 Å². The fourth-order valence-corrected chi connectivity index (χ4v) is 3.53. The summed E-state index contributed by atoms with van der Waals surface area (Å²) in [5.41, 5.74) is 0.274. The van der Waals surface area contributed by atoms with Gasteiger partial charge in [0.25, 0.3) is 5.91 Å². The third kappa shape index (κ3) is 4.75. The summed E-state index contributed by atoms with van der Waals surface area (Å²) in [5, 5.41) is 16.6. The van der Waals surface area contributed by atoms with E-state index in [1.165, 1.54) is 16.8 Å². The van der Waals surface area contributed by atoms with Gasteiger partial charge in [0, 0.05) is 11.9 Å². The van der Waals surface area contributed by atoms with Crippen molar-refractivity contribution in [3.05, 3.63) is 100 Å². The molecular formula is C24H17F4N3O3. The molecule has 0 spiro atoms. The highest BCUT2D eigenvalue weighted by atomic mass is 19.4. The Labute approximate surface area is 190 Å². The summed E-state index contributed by atoms with van der Waals surface area (Å²) in [7, 11) is 0. The van der Waals surface area contributed by atoms with Crippen LogP contribution in [-0.2, 0) is 19.3 Å². The predicted octanol–water partition coefficient (Wildman–Crippen LogP) is 4.87. The van der Waals surface area contributed by atoms with Gasteiger partial charge in [-0.25, -0.2) is 9.18 Å². The number of carboxylic acid groups (broad SMARTS) is 1. The average molecular weight is 471 g/mol. The minimum absolute atomic E-state index is 0.104. The molecule has 0 saturated heterocycles. The van der Waals surface area contributed by atoms with Crippen molar-refractivity contribution in [3.63, 3.8) is 0 Å². The third-order valence-corrected chi connectivity index (χ3v) is 5.19. The molecule has 34 heavy (non-hydrogen) atoms. The molecule has 6 nitrogen and oxygen atoms in total. The number of halogens is 4. The van der Waals surface area contributed by atoms with Crippen LogP contribution in [0.4, 0.5) is 17.6 Å². The molecule has 1 aromatic heterocycles. The number of carboxylic acids is 1. The van der Waals surface area contributed by atoms with Gasteiger partial charge in [0.15, 0.2) is 0 Å². The molecule has 10 heteroatoms. The Bertz CT molecular complexity index is 1380. The quantitative estimate of drug-likeness (QED) is 0.393. The number of aromatic nitrogens is 2. The van der Waals surface area contributed by atoms with Gasteiger partial charge in [-0.1, -0.05) is 36.4 Å². The molecule has 4 aromatic rings. The van der Waals surface area contributed by atoms with Crippen LogP contribution in [0.2, 0.25) is 0 Å². The van der Waals surface area contributed by atoms with E-state index in [1.807, 2.05) is 0 Å². The molecule has 0 aliphatic rings. The van der Waals surface area contributed by atoms with Gasteiger partial charge in [0.05, 0.1) is 23.2 Å². The first-order valence-electron chi connectivity index (χ1n) is 10.0. The van der Waals surface area contributed by atoms with E-state index in [1.54, 1.807) is 36.4 Å². The summed E-state index contributed by atoms with van der Waals surface area (Å²) in [6.45, 7) is -0.0209. The Morgan fingerprint density at radius 1 is 0.971 bits per heavy atom. The molecule has 1 amide bonds. The van der Waals surface area contributed by atoms with Crippen LogP contribution in [0.3, 0.4) is 0 Å². The van der Waals surface area contributed by atoms with Crippen molar-refractivity contribution >= 4 is 22.8 Å². The molecule has 0 atom stereocenters. The lowest BCUT2D eigenvalue weighted by atomic mass is 10.1. The van der Waals surface area contributed by atoms with E-state index in [4.69, 9.17) is 5.11 Å². The first-order chi connectivity index (χ1) is 16.1. The van der Waals surface area contributed by atoms with Crippen LogP contribution in [0.15, 0.2) is 66.7 Å². The summed E-state index contributed by atoms with van der Waals surface area (Å²) < 4.78 is 53.9.